The van der Waals surface area contributed by atoms with E-state index in [1.807, 2.05) is 0 Å². The van der Waals surface area contributed by atoms with Gasteiger partial charge in [-0.3, -0.25) is 0 Å². The molecule has 0 atom stereocenters. The Hall–Kier alpha value is -5.34. The van der Waals surface area contributed by atoms with Crippen LogP contribution in [0.5, 0.6) is 0 Å². The van der Waals surface area contributed by atoms with Crippen LogP contribution in [0, 0.1) is 0 Å². The van der Waals surface area contributed by atoms with E-state index in [4.69, 9.17) is 0 Å². The molecule has 0 bridgehead atoms. The number of para-hydroxylation sites is 2. The van der Waals surface area contributed by atoms with Crippen LogP contribution >= 0.6 is 0 Å². The van der Waals surface area contributed by atoms with E-state index in [0.29, 0.717) is 0 Å². The summed E-state index contributed by atoms with van der Waals surface area (Å²) in [5, 5.41) is 10.7. The summed E-state index contributed by atoms with van der Waals surface area (Å²) < 4.78 is 2.44. The van der Waals surface area contributed by atoms with Crippen molar-refractivity contribution in [3.05, 3.63) is 146 Å². The molecule has 0 N–H and O–H groups in total. The molecule has 8 aromatic carbocycles. The molecule has 0 radical (unpaired) electrons. The van der Waals surface area contributed by atoms with Crippen molar-refractivity contribution in [1.82, 2.24) is 4.57 Å². The molecule has 40 heavy (non-hydrogen) atoms. The average molecular weight is 509 g/mol. The van der Waals surface area contributed by atoms with Gasteiger partial charge in [-0.05, 0) is 87.6 Å². The van der Waals surface area contributed by atoms with Gasteiger partial charge in [0.2, 0.25) is 0 Å². The highest BCUT2D eigenvalue weighted by Crippen LogP contribution is 2.47. The molecule has 0 unspecified atom stereocenters. The van der Waals surface area contributed by atoms with Crippen molar-refractivity contribution in [3.63, 3.8) is 0 Å². The fraction of sp³-hybridized carbons (Fsp3) is 0. The monoisotopic (exact) mass is 508 g/mol. The van der Waals surface area contributed by atoms with Gasteiger partial charge in [0.15, 0.2) is 0 Å². The van der Waals surface area contributed by atoms with Crippen LogP contribution in [0.4, 0.5) is 17.1 Å². The summed E-state index contributed by atoms with van der Waals surface area (Å²) in [5.41, 5.74) is 7.09. The Morgan fingerprint density at radius 1 is 0.350 bits per heavy atom. The van der Waals surface area contributed by atoms with Gasteiger partial charge in [-0.25, -0.2) is 0 Å². The highest BCUT2D eigenvalue weighted by molar-refractivity contribution is 6.40. The minimum Gasteiger partial charge on any atom is -0.311 e. The zero-order valence-electron chi connectivity index (χ0n) is 21.8. The highest BCUT2D eigenvalue weighted by Gasteiger charge is 2.22. The number of nitrogens with zero attached hydrogens (tertiary/aromatic N) is 2. The van der Waals surface area contributed by atoms with Gasteiger partial charge in [0.1, 0.15) is 0 Å². The van der Waals surface area contributed by atoms with Gasteiger partial charge >= 0.3 is 0 Å². The summed E-state index contributed by atoms with van der Waals surface area (Å²) in [5.74, 6) is 0. The van der Waals surface area contributed by atoms with Crippen LogP contribution in [-0.2, 0) is 0 Å². The van der Waals surface area contributed by atoms with Gasteiger partial charge in [-0.15, -0.1) is 0 Å². The van der Waals surface area contributed by atoms with Crippen LogP contribution in [0.2, 0.25) is 0 Å². The molecule has 0 aliphatic heterocycles. The van der Waals surface area contributed by atoms with Crippen molar-refractivity contribution in [3.8, 4) is 5.69 Å². The number of anilines is 3. The lowest BCUT2D eigenvalue weighted by molar-refractivity contribution is 1.17. The van der Waals surface area contributed by atoms with E-state index in [2.05, 4.69) is 155 Å². The Labute approximate surface area is 231 Å². The molecular formula is C38H24N2. The van der Waals surface area contributed by atoms with Crippen molar-refractivity contribution < 1.29 is 0 Å². The molecule has 9 aromatic rings. The number of fused-ring (bicyclic) bond motifs is 1. The Morgan fingerprint density at radius 2 is 0.900 bits per heavy atom. The predicted molar refractivity (Wildman–Crippen MR) is 170 cm³/mol. The molecule has 0 fully saturated rings. The first-order chi connectivity index (χ1) is 19.9. The normalized spacial score (nSPS) is 12.0. The Morgan fingerprint density at radius 3 is 1.60 bits per heavy atom. The molecule has 2 heteroatoms. The van der Waals surface area contributed by atoms with Crippen LogP contribution in [0.25, 0.3) is 59.8 Å². The standard InChI is InChI=1S/C38H24N2/c1-3-10-27(11-4-1)39(28-12-5-2-6-13-28)29-20-22-30(23-21-29)40-33-16-8-15-32-31-14-7-9-25-17-18-26-19-24-34(40)38(37(32)33)36(26)35(25)31/h1-24H. The summed E-state index contributed by atoms with van der Waals surface area (Å²) in [4.78, 5) is 2.31. The van der Waals surface area contributed by atoms with Gasteiger partial charge in [-0.1, -0.05) is 84.9 Å². The first-order valence-corrected chi connectivity index (χ1v) is 13.8. The van der Waals surface area contributed by atoms with Crippen LogP contribution in [0.3, 0.4) is 0 Å². The average Bonchev–Trinajstić information content (AvgIpc) is 3.37. The summed E-state index contributed by atoms with van der Waals surface area (Å²) in [7, 11) is 0. The maximum atomic E-state index is 2.44. The zero-order chi connectivity index (χ0) is 26.2. The molecule has 0 saturated heterocycles. The van der Waals surface area contributed by atoms with Gasteiger partial charge in [0.25, 0.3) is 0 Å². The quantitative estimate of drug-likeness (QED) is 0.170. The van der Waals surface area contributed by atoms with Crippen molar-refractivity contribution >= 4 is 71.2 Å². The van der Waals surface area contributed by atoms with E-state index in [1.165, 1.54) is 59.8 Å². The van der Waals surface area contributed by atoms with Gasteiger partial charge in [0, 0.05) is 38.9 Å². The highest BCUT2D eigenvalue weighted by atomic mass is 15.1. The lowest BCUT2D eigenvalue weighted by Gasteiger charge is -2.25. The third-order valence-electron chi connectivity index (χ3n) is 8.46. The summed E-state index contributed by atoms with van der Waals surface area (Å²) in [6.07, 6.45) is 0. The summed E-state index contributed by atoms with van der Waals surface area (Å²) in [6.45, 7) is 0. The molecule has 1 aromatic heterocycles. The molecule has 0 spiro atoms. The van der Waals surface area contributed by atoms with Crippen molar-refractivity contribution in [2.75, 3.05) is 4.90 Å². The van der Waals surface area contributed by atoms with E-state index in [-0.39, 0.29) is 0 Å². The number of hydrogen-bond acceptors (Lipinski definition) is 1. The molecule has 186 valence electrons. The van der Waals surface area contributed by atoms with E-state index < -0.39 is 0 Å². The second-order valence-electron chi connectivity index (χ2n) is 10.6. The molecular weight excluding hydrogens is 484 g/mol. The molecule has 0 amide bonds. The lowest BCUT2D eigenvalue weighted by Crippen LogP contribution is -2.09. The third-order valence-corrected chi connectivity index (χ3v) is 8.46. The van der Waals surface area contributed by atoms with Crippen LogP contribution < -0.4 is 4.90 Å². The van der Waals surface area contributed by atoms with Crippen molar-refractivity contribution in [2.45, 2.75) is 0 Å². The number of rotatable bonds is 4. The summed E-state index contributed by atoms with van der Waals surface area (Å²) >= 11 is 0. The third kappa shape index (κ3) is 2.88. The predicted octanol–water partition coefficient (Wildman–Crippen LogP) is 10.6. The number of aromatic nitrogens is 1. The van der Waals surface area contributed by atoms with Gasteiger partial charge in [-0.2, -0.15) is 0 Å². The minimum atomic E-state index is 1.13. The Kier molecular flexibility index (Phi) is 4.36. The number of hydrogen-bond donors (Lipinski definition) is 0. The smallest absolute Gasteiger partial charge is 0.0548 e. The summed E-state index contributed by atoms with van der Waals surface area (Å²) in [6, 6.07) is 52.7. The molecule has 0 saturated carbocycles. The van der Waals surface area contributed by atoms with E-state index in [1.54, 1.807) is 0 Å². The Balaban J connectivity index is 1.30. The van der Waals surface area contributed by atoms with E-state index in [0.717, 1.165) is 17.1 Å². The van der Waals surface area contributed by atoms with Crippen LogP contribution in [0.1, 0.15) is 0 Å². The topological polar surface area (TPSA) is 8.17 Å². The second kappa shape index (κ2) is 8.08. The first kappa shape index (κ1) is 21.6. The lowest BCUT2D eigenvalue weighted by atomic mass is 9.89. The van der Waals surface area contributed by atoms with E-state index in [9.17, 15) is 0 Å². The minimum absolute atomic E-state index is 1.13. The maximum Gasteiger partial charge on any atom is 0.0548 e. The maximum absolute atomic E-state index is 2.44. The molecule has 9 rings (SSSR count). The Bertz CT molecular complexity index is 2260. The fourth-order valence-electron chi connectivity index (χ4n) is 6.82. The van der Waals surface area contributed by atoms with Gasteiger partial charge < -0.3 is 9.47 Å². The van der Waals surface area contributed by atoms with Gasteiger partial charge in [0.05, 0.1) is 11.0 Å². The zero-order valence-corrected chi connectivity index (χ0v) is 21.8. The molecule has 1 heterocycles. The molecule has 2 nitrogen and oxygen atoms in total. The fourth-order valence-corrected chi connectivity index (χ4v) is 6.82. The van der Waals surface area contributed by atoms with Crippen LogP contribution in [-0.4, -0.2) is 4.57 Å². The van der Waals surface area contributed by atoms with E-state index >= 15 is 0 Å². The SMILES string of the molecule is c1ccc(N(c2ccccc2)c2ccc(-n3c4cccc5c6cccc7ccc8ccc3c(c8c76)c54)cc2)cc1. The number of benzene rings is 8. The first-order valence-electron chi connectivity index (χ1n) is 13.8. The van der Waals surface area contributed by atoms with Crippen LogP contribution in [0.15, 0.2) is 146 Å². The van der Waals surface area contributed by atoms with Crippen molar-refractivity contribution in [1.29, 1.82) is 0 Å². The largest absolute Gasteiger partial charge is 0.311 e. The second-order valence-corrected chi connectivity index (χ2v) is 10.6. The van der Waals surface area contributed by atoms with Crippen molar-refractivity contribution in [2.24, 2.45) is 0 Å². The molecule has 0 aliphatic rings. The molecule has 0 aliphatic carbocycles.